The zero-order valence-corrected chi connectivity index (χ0v) is 11.2. The average Bonchev–Trinajstić information content (AvgIpc) is 2.49. The Morgan fingerprint density at radius 3 is 2.75 bits per heavy atom. The van der Waals surface area contributed by atoms with Gasteiger partial charge in [0, 0.05) is 29.3 Å². The minimum Gasteiger partial charge on any atom is -0.278 e. The Balaban J connectivity index is 1.81. The molecule has 20 heavy (non-hydrogen) atoms. The van der Waals surface area contributed by atoms with E-state index in [0.717, 1.165) is 22.2 Å². The first-order valence-electron chi connectivity index (χ1n) is 6.41. The molecule has 0 atom stereocenters. The predicted molar refractivity (Wildman–Crippen MR) is 80.6 cm³/mol. The van der Waals surface area contributed by atoms with Crippen LogP contribution in [0.3, 0.4) is 0 Å². The Labute approximate surface area is 117 Å². The summed E-state index contributed by atoms with van der Waals surface area (Å²) in [7, 11) is 1.99. The molecule has 0 unspecified atom stereocenters. The molecule has 2 heterocycles. The predicted octanol–water partition coefficient (Wildman–Crippen LogP) is 2.51. The second kappa shape index (κ2) is 5.48. The van der Waals surface area contributed by atoms with Crippen LogP contribution < -0.4 is 9.99 Å². The van der Waals surface area contributed by atoms with Gasteiger partial charge in [-0.25, -0.2) is 4.57 Å². The molecule has 0 saturated heterocycles. The number of aryl methyl sites for hydroxylation is 1. The molecule has 0 spiro atoms. The standard InChI is InChI=1S/C16H14N4/c1-20-10-7-13(8-11-20)12-18-19-16-6-9-17-15-5-3-2-4-14(15)16/h2-12H,1H3/p+1. The van der Waals surface area contributed by atoms with E-state index in [2.05, 4.69) is 15.5 Å². The molecule has 0 fully saturated rings. The molecule has 0 aliphatic carbocycles. The number of nitrogens with one attached hydrogen (secondary N) is 1. The highest BCUT2D eigenvalue weighted by Gasteiger charge is 1.99. The van der Waals surface area contributed by atoms with Crippen molar-refractivity contribution in [3.05, 3.63) is 66.6 Å². The molecular formula is C16H15N4+. The second-order valence-corrected chi connectivity index (χ2v) is 4.54. The minimum atomic E-state index is 0.952. The van der Waals surface area contributed by atoms with Gasteiger partial charge >= 0.3 is 0 Å². The van der Waals surface area contributed by atoms with Crippen LogP contribution in [0.1, 0.15) is 5.56 Å². The fourth-order valence-electron chi connectivity index (χ4n) is 1.97. The molecule has 1 aromatic carbocycles. The van der Waals surface area contributed by atoms with Crippen molar-refractivity contribution in [2.45, 2.75) is 0 Å². The fourth-order valence-corrected chi connectivity index (χ4v) is 1.97. The lowest BCUT2D eigenvalue weighted by molar-refractivity contribution is -0.671. The van der Waals surface area contributed by atoms with Crippen molar-refractivity contribution in [3.8, 4) is 0 Å². The van der Waals surface area contributed by atoms with Gasteiger partial charge in [0.25, 0.3) is 0 Å². The quantitative estimate of drug-likeness (QED) is 0.448. The summed E-state index contributed by atoms with van der Waals surface area (Å²) in [5.74, 6) is 0. The highest BCUT2D eigenvalue weighted by molar-refractivity contribution is 5.91. The van der Waals surface area contributed by atoms with E-state index in [0.29, 0.717) is 0 Å². The van der Waals surface area contributed by atoms with E-state index in [4.69, 9.17) is 0 Å². The Morgan fingerprint density at radius 1 is 1.10 bits per heavy atom. The van der Waals surface area contributed by atoms with E-state index < -0.39 is 0 Å². The monoisotopic (exact) mass is 263 g/mol. The summed E-state index contributed by atoms with van der Waals surface area (Å²) in [5, 5.41) is 5.34. The van der Waals surface area contributed by atoms with Crippen molar-refractivity contribution in [2.75, 3.05) is 5.43 Å². The molecule has 0 radical (unpaired) electrons. The molecule has 3 rings (SSSR count). The highest BCUT2D eigenvalue weighted by Crippen LogP contribution is 2.20. The topological polar surface area (TPSA) is 41.2 Å². The minimum absolute atomic E-state index is 0.952. The lowest BCUT2D eigenvalue weighted by Gasteiger charge is -2.04. The summed E-state index contributed by atoms with van der Waals surface area (Å²) < 4.78 is 1.99. The molecule has 2 aromatic heterocycles. The number of fused-ring (bicyclic) bond motifs is 1. The van der Waals surface area contributed by atoms with Gasteiger partial charge in [0.1, 0.15) is 7.05 Å². The number of nitrogens with zero attached hydrogens (tertiary/aromatic N) is 3. The first-order valence-corrected chi connectivity index (χ1v) is 6.41. The number of anilines is 1. The third-order valence-corrected chi connectivity index (χ3v) is 3.05. The number of hydrogen-bond donors (Lipinski definition) is 1. The lowest BCUT2D eigenvalue weighted by atomic mass is 10.2. The van der Waals surface area contributed by atoms with Crippen LogP contribution in [0.2, 0.25) is 0 Å². The summed E-state index contributed by atoms with van der Waals surface area (Å²) in [5.41, 5.74) is 6.03. The Morgan fingerprint density at radius 2 is 1.90 bits per heavy atom. The Kier molecular flexibility index (Phi) is 3.37. The SMILES string of the molecule is C[n+]1ccc(/C=N\Nc2ccnc3ccccc23)cc1. The van der Waals surface area contributed by atoms with Crippen LogP contribution in [0.15, 0.2) is 66.2 Å². The zero-order chi connectivity index (χ0) is 13.8. The van der Waals surface area contributed by atoms with Crippen molar-refractivity contribution in [1.82, 2.24) is 4.98 Å². The van der Waals surface area contributed by atoms with Gasteiger partial charge in [-0.15, -0.1) is 0 Å². The van der Waals surface area contributed by atoms with Crippen LogP contribution in [-0.4, -0.2) is 11.2 Å². The Hall–Kier alpha value is -2.75. The molecule has 0 aliphatic rings. The van der Waals surface area contributed by atoms with Gasteiger partial charge in [-0.1, -0.05) is 18.2 Å². The third kappa shape index (κ3) is 2.64. The normalized spacial score (nSPS) is 11.1. The maximum atomic E-state index is 4.32. The van der Waals surface area contributed by atoms with Gasteiger partial charge in [-0.05, 0) is 12.1 Å². The van der Waals surface area contributed by atoms with Crippen LogP contribution >= 0.6 is 0 Å². The second-order valence-electron chi connectivity index (χ2n) is 4.54. The van der Waals surface area contributed by atoms with Crippen molar-refractivity contribution in [1.29, 1.82) is 0 Å². The van der Waals surface area contributed by atoms with Gasteiger partial charge < -0.3 is 0 Å². The maximum absolute atomic E-state index is 4.32. The van der Waals surface area contributed by atoms with Gasteiger partial charge in [0.2, 0.25) is 0 Å². The summed E-state index contributed by atoms with van der Waals surface area (Å²) in [4.78, 5) is 4.32. The molecule has 3 aromatic rings. The first kappa shape index (κ1) is 12.3. The maximum Gasteiger partial charge on any atom is 0.169 e. The number of aromatic nitrogens is 2. The third-order valence-electron chi connectivity index (χ3n) is 3.05. The van der Waals surface area contributed by atoms with Crippen molar-refractivity contribution >= 4 is 22.8 Å². The summed E-state index contributed by atoms with van der Waals surface area (Å²) in [6.07, 6.45) is 7.56. The number of pyridine rings is 2. The average molecular weight is 263 g/mol. The zero-order valence-electron chi connectivity index (χ0n) is 11.2. The summed E-state index contributed by atoms with van der Waals surface area (Å²) in [6, 6.07) is 13.9. The molecule has 0 saturated carbocycles. The molecule has 4 nitrogen and oxygen atoms in total. The number of hydrazone groups is 1. The van der Waals surface area contributed by atoms with Crippen molar-refractivity contribution in [2.24, 2.45) is 12.1 Å². The molecule has 98 valence electrons. The van der Waals surface area contributed by atoms with E-state index >= 15 is 0 Å². The van der Waals surface area contributed by atoms with Gasteiger partial charge in [0.15, 0.2) is 12.4 Å². The van der Waals surface area contributed by atoms with Crippen LogP contribution in [0.4, 0.5) is 5.69 Å². The molecule has 0 amide bonds. The van der Waals surface area contributed by atoms with Gasteiger partial charge in [-0.2, -0.15) is 5.10 Å². The summed E-state index contributed by atoms with van der Waals surface area (Å²) in [6.45, 7) is 0. The fraction of sp³-hybridized carbons (Fsp3) is 0.0625. The van der Waals surface area contributed by atoms with E-state index in [1.165, 1.54) is 0 Å². The smallest absolute Gasteiger partial charge is 0.169 e. The molecular weight excluding hydrogens is 248 g/mol. The van der Waals surface area contributed by atoms with Crippen molar-refractivity contribution in [3.63, 3.8) is 0 Å². The number of rotatable bonds is 3. The van der Waals surface area contributed by atoms with E-state index in [1.807, 2.05) is 66.5 Å². The molecule has 0 bridgehead atoms. The van der Waals surface area contributed by atoms with Crippen LogP contribution in [0, 0.1) is 0 Å². The van der Waals surface area contributed by atoms with Crippen LogP contribution in [-0.2, 0) is 7.05 Å². The summed E-state index contributed by atoms with van der Waals surface area (Å²) >= 11 is 0. The highest BCUT2D eigenvalue weighted by atomic mass is 15.3. The van der Waals surface area contributed by atoms with E-state index in [1.54, 1.807) is 12.4 Å². The van der Waals surface area contributed by atoms with Crippen molar-refractivity contribution < 1.29 is 4.57 Å². The first-order chi connectivity index (χ1) is 9.83. The van der Waals surface area contributed by atoms with Crippen LogP contribution in [0.5, 0.6) is 0 Å². The van der Waals surface area contributed by atoms with E-state index in [-0.39, 0.29) is 0 Å². The number of hydrogen-bond acceptors (Lipinski definition) is 3. The number of para-hydroxylation sites is 1. The molecule has 1 N–H and O–H groups in total. The number of benzene rings is 1. The molecule has 4 heteroatoms. The Bertz CT molecular complexity index is 743. The van der Waals surface area contributed by atoms with Gasteiger partial charge in [-0.3, -0.25) is 10.4 Å². The van der Waals surface area contributed by atoms with Gasteiger partial charge in [0.05, 0.1) is 17.4 Å². The van der Waals surface area contributed by atoms with Crippen LogP contribution in [0.25, 0.3) is 10.9 Å². The van der Waals surface area contributed by atoms with E-state index in [9.17, 15) is 0 Å². The lowest BCUT2D eigenvalue weighted by Crippen LogP contribution is -2.25. The molecule has 0 aliphatic heterocycles. The largest absolute Gasteiger partial charge is 0.278 e.